The summed E-state index contributed by atoms with van der Waals surface area (Å²) in [6.07, 6.45) is 1.92. The third kappa shape index (κ3) is 2.92. The predicted octanol–water partition coefficient (Wildman–Crippen LogP) is 2.01. The molecule has 0 aliphatic rings. The van der Waals surface area contributed by atoms with Gasteiger partial charge in [-0.1, -0.05) is 41.2 Å². The number of thiazole rings is 1. The van der Waals surface area contributed by atoms with E-state index >= 15 is 0 Å². The number of halogens is 1. The number of rotatable bonds is 4. The van der Waals surface area contributed by atoms with Crippen molar-refractivity contribution in [1.82, 2.24) is 15.2 Å². The monoisotopic (exact) mass is 310 g/mol. The molecule has 1 N–H and O–H groups in total. The first-order chi connectivity index (χ1) is 8.01. The highest BCUT2D eigenvalue weighted by atomic mass is 35.5. The van der Waals surface area contributed by atoms with Crippen molar-refractivity contribution in [3.63, 3.8) is 0 Å². The zero-order valence-corrected chi connectivity index (χ0v) is 11.8. The van der Waals surface area contributed by atoms with E-state index in [1.165, 1.54) is 17.5 Å². The van der Waals surface area contributed by atoms with Gasteiger partial charge >= 0.3 is 0 Å². The largest absolute Gasteiger partial charge is 0.274 e. The Morgan fingerprint density at radius 2 is 2.18 bits per heavy atom. The molecule has 2 aromatic rings. The van der Waals surface area contributed by atoms with Crippen LogP contribution < -0.4 is 4.72 Å². The molecule has 2 rings (SSSR count). The Balaban J connectivity index is 2.23. The minimum Gasteiger partial charge on any atom is -0.252 e. The lowest BCUT2D eigenvalue weighted by molar-refractivity contribution is 0.603. The first-order valence-corrected chi connectivity index (χ1v) is 7.97. The molecule has 0 saturated carbocycles. The van der Waals surface area contributed by atoms with Crippen LogP contribution in [0.5, 0.6) is 0 Å². The number of nitrogens with zero attached hydrogens (tertiary/aromatic N) is 3. The minimum absolute atomic E-state index is 0.0516. The minimum atomic E-state index is -3.66. The fourth-order valence-electron chi connectivity index (χ4n) is 0.966. The predicted molar refractivity (Wildman–Crippen MR) is 67.2 cm³/mol. The first-order valence-electron chi connectivity index (χ1n) is 4.48. The Kier molecular flexibility index (Phi) is 3.61. The van der Waals surface area contributed by atoms with Gasteiger partial charge in [0, 0.05) is 0 Å². The second kappa shape index (κ2) is 4.84. The maximum atomic E-state index is 11.9. The number of sulfonamides is 1. The van der Waals surface area contributed by atoms with E-state index in [-0.39, 0.29) is 13.8 Å². The van der Waals surface area contributed by atoms with E-state index in [2.05, 4.69) is 19.9 Å². The van der Waals surface area contributed by atoms with E-state index < -0.39 is 10.0 Å². The summed E-state index contributed by atoms with van der Waals surface area (Å²) in [6, 6.07) is 0. The molecule has 0 radical (unpaired) electrons. The van der Waals surface area contributed by atoms with Crippen molar-refractivity contribution < 1.29 is 8.42 Å². The number of aryl methyl sites for hydroxylation is 1. The Hall–Kier alpha value is -0.770. The standard InChI is InChI=1S/C7H7ClN4O2S3/c1-2-4-10-11-7(15-4)12-17(13,14)5-3-9-6(8)16-5/h3H,2H2,1H3,(H,11,12). The van der Waals surface area contributed by atoms with Crippen LogP contribution in [0.3, 0.4) is 0 Å². The molecule has 17 heavy (non-hydrogen) atoms. The Morgan fingerprint density at radius 3 is 2.71 bits per heavy atom. The van der Waals surface area contributed by atoms with Crippen LogP contribution >= 0.6 is 34.3 Å². The van der Waals surface area contributed by atoms with Crippen molar-refractivity contribution in [2.75, 3.05) is 4.72 Å². The molecule has 10 heteroatoms. The number of hydrogen-bond acceptors (Lipinski definition) is 7. The molecule has 0 bridgehead atoms. The smallest absolute Gasteiger partial charge is 0.252 e. The van der Waals surface area contributed by atoms with E-state index in [1.807, 2.05) is 6.92 Å². The molecule has 92 valence electrons. The van der Waals surface area contributed by atoms with Gasteiger partial charge in [0.2, 0.25) is 5.13 Å². The van der Waals surface area contributed by atoms with Crippen LogP contribution in [0.1, 0.15) is 11.9 Å². The average molecular weight is 311 g/mol. The van der Waals surface area contributed by atoms with Gasteiger partial charge in [-0.15, -0.1) is 10.2 Å². The van der Waals surface area contributed by atoms with Crippen molar-refractivity contribution >= 4 is 49.4 Å². The van der Waals surface area contributed by atoms with Gasteiger partial charge in [-0.3, -0.25) is 4.72 Å². The van der Waals surface area contributed by atoms with E-state index in [9.17, 15) is 8.42 Å². The normalized spacial score (nSPS) is 11.6. The number of hydrogen-bond donors (Lipinski definition) is 1. The van der Waals surface area contributed by atoms with Crippen LogP contribution in [0.2, 0.25) is 4.47 Å². The molecule has 0 aromatic carbocycles. The van der Waals surface area contributed by atoms with Crippen molar-refractivity contribution in [1.29, 1.82) is 0 Å². The summed E-state index contributed by atoms with van der Waals surface area (Å²) in [7, 11) is -3.66. The fraction of sp³-hybridized carbons (Fsp3) is 0.286. The maximum absolute atomic E-state index is 11.9. The van der Waals surface area contributed by atoms with Crippen LogP contribution in [-0.4, -0.2) is 23.6 Å². The Labute approximate surface area is 111 Å². The maximum Gasteiger partial charge on any atom is 0.274 e. The summed E-state index contributed by atoms with van der Waals surface area (Å²) in [6.45, 7) is 1.92. The molecule has 0 spiro atoms. The van der Waals surface area contributed by atoms with Gasteiger partial charge in [0.15, 0.2) is 8.68 Å². The van der Waals surface area contributed by atoms with E-state index in [1.54, 1.807) is 0 Å². The highest BCUT2D eigenvalue weighted by Crippen LogP contribution is 2.25. The average Bonchev–Trinajstić information content (AvgIpc) is 2.86. The molecule has 0 amide bonds. The van der Waals surface area contributed by atoms with Crippen LogP contribution in [-0.2, 0) is 16.4 Å². The van der Waals surface area contributed by atoms with Gasteiger partial charge in [-0.05, 0) is 6.42 Å². The summed E-state index contributed by atoms with van der Waals surface area (Å²) in [5.41, 5.74) is 0. The van der Waals surface area contributed by atoms with Crippen LogP contribution in [0, 0.1) is 0 Å². The Morgan fingerprint density at radius 1 is 1.41 bits per heavy atom. The van der Waals surface area contributed by atoms with Gasteiger partial charge in [0.1, 0.15) is 5.01 Å². The van der Waals surface area contributed by atoms with Crippen LogP contribution in [0.15, 0.2) is 10.4 Å². The van der Waals surface area contributed by atoms with Crippen molar-refractivity contribution in [3.8, 4) is 0 Å². The van der Waals surface area contributed by atoms with Crippen LogP contribution in [0.25, 0.3) is 0 Å². The summed E-state index contributed by atoms with van der Waals surface area (Å²) < 4.78 is 26.3. The van der Waals surface area contributed by atoms with Crippen LogP contribution in [0.4, 0.5) is 5.13 Å². The van der Waals surface area contributed by atoms with E-state index in [0.717, 1.165) is 16.3 Å². The van der Waals surface area contributed by atoms with Crippen molar-refractivity contribution in [2.24, 2.45) is 0 Å². The van der Waals surface area contributed by atoms with Crippen molar-refractivity contribution in [3.05, 3.63) is 15.7 Å². The van der Waals surface area contributed by atoms with Gasteiger partial charge < -0.3 is 0 Å². The summed E-state index contributed by atoms with van der Waals surface area (Å²) in [4.78, 5) is 3.68. The fourth-order valence-corrected chi connectivity index (χ4v) is 4.17. The SMILES string of the molecule is CCc1nnc(NS(=O)(=O)c2cnc(Cl)s2)s1. The molecule has 0 fully saturated rings. The molecule has 2 aromatic heterocycles. The van der Waals surface area contributed by atoms with Gasteiger partial charge in [-0.2, -0.15) is 0 Å². The number of anilines is 1. The number of nitrogens with one attached hydrogen (secondary N) is 1. The summed E-state index contributed by atoms with van der Waals surface area (Å²) >= 11 is 7.67. The van der Waals surface area contributed by atoms with E-state index in [0.29, 0.717) is 6.42 Å². The molecular formula is C7H7ClN4O2S3. The molecule has 6 nitrogen and oxygen atoms in total. The molecule has 0 atom stereocenters. The highest BCUT2D eigenvalue weighted by Gasteiger charge is 2.19. The molecular weight excluding hydrogens is 304 g/mol. The van der Waals surface area contributed by atoms with Gasteiger partial charge in [0.25, 0.3) is 10.0 Å². The lowest BCUT2D eigenvalue weighted by Gasteiger charge is -1.99. The molecule has 0 unspecified atom stereocenters. The number of aromatic nitrogens is 3. The lowest BCUT2D eigenvalue weighted by Crippen LogP contribution is -2.11. The van der Waals surface area contributed by atoms with Gasteiger partial charge in [0.05, 0.1) is 6.20 Å². The lowest BCUT2D eigenvalue weighted by atomic mass is 10.5. The zero-order valence-electron chi connectivity index (χ0n) is 8.55. The third-order valence-electron chi connectivity index (χ3n) is 1.71. The second-order valence-electron chi connectivity index (χ2n) is 2.89. The highest BCUT2D eigenvalue weighted by molar-refractivity contribution is 7.94. The summed E-state index contributed by atoms with van der Waals surface area (Å²) in [5.74, 6) is 0. The molecule has 2 heterocycles. The second-order valence-corrected chi connectivity index (χ2v) is 7.48. The van der Waals surface area contributed by atoms with Gasteiger partial charge in [-0.25, -0.2) is 13.4 Å². The van der Waals surface area contributed by atoms with Crippen molar-refractivity contribution in [2.45, 2.75) is 17.6 Å². The first kappa shape index (κ1) is 12.7. The zero-order chi connectivity index (χ0) is 12.5. The summed E-state index contributed by atoms with van der Waals surface area (Å²) in [5, 5.41) is 8.57. The molecule has 0 aliphatic heterocycles. The topological polar surface area (TPSA) is 84.8 Å². The Bertz CT molecular complexity index is 621. The third-order valence-corrected chi connectivity index (χ3v) is 5.74. The quantitative estimate of drug-likeness (QED) is 0.933. The molecule has 0 saturated heterocycles. The molecule has 0 aliphatic carbocycles. The van der Waals surface area contributed by atoms with E-state index in [4.69, 9.17) is 11.6 Å².